The maximum atomic E-state index is 12.0. The van der Waals surface area contributed by atoms with Crippen molar-refractivity contribution in [1.82, 2.24) is 15.6 Å². The van der Waals surface area contributed by atoms with Gasteiger partial charge in [-0.3, -0.25) is 9.59 Å². The molecular weight excluding hydrogens is 344 g/mol. The van der Waals surface area contributed by atoms with Crippen molar-refractivity contribution in [3.63, 3.8) is 0 Å². The summed E-state index contributed by atoms with van der Waals surface area (Å²) < 4.78 is 0. The highest BCUT2D eigenvalue weighted by molar-refractivity contribution is 7.80. The van der Waals surface area contributed by atoms with Gasteiger partial charge in [-0.1, -0.05) is 6.92 Å². The van der Waals surface area contributed by atoms with Gasteiger partial charge in [0.05, 0.1) is 5.69 Å². The molecule has 0 bridgehead atoms. The molecule has 24 heavy (non-hydrogen) atoms. The zero-order valence-corrected chi connectivity index (χ0v) is 15.8. The second-order valence-corrected chi connectivity index (χ2v) is 7.44. The molecule has 0 unspecified atom stereocenters. The van der Waals surface area contributed by atoms with Crippen molar-refractivity contribution < 1.29 is 9.59 Å². The lowest BCUT2D eigenvalue weighted by Gasteiger charge is -2.21. The topological polar surface area (TPSA) is 83.1 Å². The van der Waals surface area contributed by atoms with E-state index in [1.165, 1.54) is 4.88 Å². The highest BCUT2D eigenvalue weighted by Gasteiger charge is 2.22. The summed E-state index contributed by atoms with van der Waals surface area (Å²) >= 11 is 5.58. The highest BCUT2D eigenvalue weighted by Crippen LogP contribution is 2.29. The van der Waals surface area contributed by atoms with Crippen LogP contribution in [0.4, 0.5) is 5.13 Å². The molecule has 0 spiro atoms. The average Bonchev–Trinajstić information content (AvgIpc) is 2.97. The van der Waals surface area contributed by atoms with Gasteiger partial charge in [0, 0.05) is 36.1 Å². The normalized spacial score (nSPS) is 16.5. The third-order valence-electron chi connectivity index (χ3n) is 3.88. The Morgan fingerprint density at radius 1 is 1.29 bits per heavy atom. The van der Waals surface area contributed by atoms with Crippen LogP contribution in [-0.2, 0) is 22.4 Å². The molecule has 8 heteroatoms. The van der Waals surface area contributed by atoms with Gasteiger partial charge in [-0.15, -0.1) is 11.3 Å². The Kier molecular flexibility index (Phi) is 8.01. The number of fused-ring (bicyclic) bond motifs is 1. The van der Waals surface area contributed by atoms with Gasteiger partial charge >= 0.3 is 0 Å². The van der Waals surface area contributed by atoms with Crippen LogP contribution < -0.4 is 16.0 Å². The number of thiol groups is 1. The Morgan fingerprint density at radius 3 is 2.83 bits per heavy atom. The number of hydrogen-bond donors (Lipinski definition) is 4. The number of carbonyl (C=O) groups is 2. The number of hydrogen-bond acceptors (Lipinski definition) is 6. The van der Waals surface area contributed by atoms with E-state index < -0.39 is 0 Å². The maximum absolute atomic E-state index is 12.0. The Hall–Kier alpha value is -1.12. The van der Waals surface area contributed by atoms with Crippen LogP contribution in [0.3, 0.4) is 0 Å². The minimum absolute atomic E-state index is 0.123. The van der Waals surface area contributed by atoms with E-state index in [1.54, 1.807) is 11.3 Å². The number of amides is 2. The fraction of sp³-hybridized carbons (Fsp3) is 0.688. The zero-order chi connectivity index (χ0) is 17.4. The third-order valence-corrected chi connectivity index (χ3v) is 5.14. The predicted octanol–water partition coefficient (Wildman–Crippen LogP) is 1.76. The lowest BCUT2D eigenvalue weighted by molar-refractivity contribution is -0.124. The molecule has 1 heterocycles. The summed E-state index contributed by atoms with van der Waals surface area (Å²) in [5.74, 6) is 0.307. The number of aryl methyl sites for hydroxylation is 1. The molecule has 1 aliphatic rings. The molecule has 2 rings (SSSR count). The standard InChI is InChI=1S/C16H26N4O2S2/c1-2-7-17-11-3-4-12-13(10-11)24-16(19-12)20-15(22)6-5-14(21)18-8-9-23/h11,17,23H,2-10H2,1H3,(H,18,21)(H,19,20,22)/t11-/m0/s1. The number of anilines is 1. The van der Waals surface area contributed by atoms with Crippen LogP contribution in [0.25, 0.3) is 0 Å². The van der Waals surface area contributed by atoms with Crippen molar-refractivity contribution in [3.8, 4) is 0 Å². The van der Waals surface area contributed by atoms with Gasteiger partial charge in [-0.2, -0.15) is 12.6 Å². The largest absolute Gasteiger partial charge is 0.355 e. The molecular formula is C16H26N4O2S2. The fourth-order valence-electron chi connectivity index (χ4n) is 2.64. The summed E-state index contributed by atoms with van der Waals surface area (Å²) in [6.45, 7) is 3.73. The van der Waals surface area contributed by atoms with Gasteiger partial charge in [0.1, 0.15) is 0 Å². The number of thiazole rings is 1. The van der Waals surface area contributed by atoms with E-state index in [0.29, 0.717) is 23.5 Å². The number of nitrogens with one attached hydrogen (secondary N) is 3. The SMILES string of the molecule is CCCN[C@H]1CCc2nc(NC(=O)CCC(=O)NCCS)sc2C1. The predicted molar refractivity (Wildman–Crippen MR) is 101 cm³/mol. The summed E-state index contributed by atoms with van der Waals surface area (Å²) in [5.41, 5.74) is 1.11. The minimum atomic E-state index is -0.164. The quantitative estimate of drug-likeness (QED) is 0.499. The van der Waals surface area contributed by atoms with E-state index in [2.05, 4.69) is 40.5 Å². The maximum Gasteiger partial charge on any atom is 0.226 e. The molecule has 6 nitrogen and oxygen atoms in total. The molecule has 3 N–H and O–H groups in total. The molecule has 2 amide bonds. The molecule has 0 saturated heterocycles. The van der Waals surface area contributed by atoms with Crippen molar-refractivity contribution in [3.05, 3.63) is 10.6 Å². The second-order valence-electron chi connectivity index (χ2n) is 5.90. The Bertz CT molecular complexity index is 562. The second kappa shape index (κ2) is 10.0. The van der Waals surface area contributed by atoms with Crippen molar-refractivity contribution >= 4 is 40.9 Å². The molecule has 1 aliphatic carbocycles. The minimum Gasteiger partial charge on any atom is -0.355 e. The Balaban J connectivity index is 1.79. The first-order valence-electron chi connectivity index (χ1n) is 8.51. The first kappa shape index (κ1) is 19.2. The molecule has 0 radical (unpaired) electrons. The Morgan fingerprint density at radius 2 is 2.08 bits per heavy atom. The smallest absolute Gasteiger partial charge is 0.226 e. The monoisotopic (exact) mass is 370 g/mol. The molecule has 0 aliphatic heterocycles. The summed E-state index contributed by atoms with van der Waals surface area (Å²) in [6.07, 6.45) is 4.52. The number of aromatic nitrogens is 1. The van der Waals surface area contributed by atoms with Gasteiger partial charge in [0.25, 0.3) is 0 Å². The van der Waals surface area contributed by atoms with Crippen LogP contribution in [0, 0.1) is 0 Å². The lowest BCUT2D eigenvalue weighted by atomic mass is 9.98. The van der Waals surface area contributed by atoms with Gasteiger partial charge in [-0.25, -0.2) is 4.98 Å². The molecule has 1 atom stereocenters. The van der Waals surface area contributed by atoms with Crippen LogP contribution in [0.2, 0.25) is 0 Å². The number of nitrogens with zero attached hydrogens (tertiary/aromatic N) is 1. The van der Waals surface area contributed by atoms with Crippen molar-refractivity contribution in [2.75, 3.05) is 24.2 Å². The average molecular weight is 371 g/mol. The molecule has 0 aromatic carbocycles. The van der Waals surface area contributed by atoms with Gasteiger partial charge in [0.15, 0.2) is 5.13 Å². The van der Waals surface area contributed by atoms with E-state index in [4.69, 9.17) is 0 Å². The summed E-state index contributed by atoms with van der Waals surface area (Å²) in [7, 11) is 0. The first-order valence-corrected chi connectivity index (χ1v) is 9.96. The molecule has 1 aromatic rings. The van der Waals surface area contributed by atoms with Crippen LogP contribution in [-0.4, -0.2) is 41.7 Å². The summed E-state index contributed by atoms with van der Waals surface area (Å²) in [5, 5.41) is 9.72. The highest BCUT2D eigenvalue weighted by atomic mass is 32.1. The summed E-state index contributed by atoms with van der Waals surface area (Å²) in [6, 6.07) is 0.511. The van der Waals surface area contributed by atoms with E-state index >= 15 is 0 Å². The molecule has 0 fully saturated rings. The molecule has 134 valence electrons. The number of rotatable bonds is 9. The van der Waals surface area contributed by atoms with Crippen molar-refractivity contribution in [2.45, 2.75) is 51.5 Å². The van der Waals surface area contributed by atoms with Gasteiger partial charge in [-0.05, 0) is 32.2 Å². The van der Waals surface area contributed by atoms with Gasteiger partial charge in [0.2, 0.25) is 11.8 Å². The zero-order valence-electron chi connectivity index (χ0n) is 14.1. The first-order chi connectivity index (χ1) is 11.6. The molecule has 0 saturated carbocycles. The lowest BCUT2D eigenvalue weighted by Crippen LogP contribution is -2.34. The van der Waals surface area contributed by atoms with Crippen LogP contribution in [0.5, 0.6) is 0 Å². The fourth-order valence-corrected chi connectivity index (χ4v) is 3.86. The van der Waals surface area contributed by atoms with Gasteiger partial charge < -0.3 is 16.0 Å². The van der Waals surface area contributed by atoms with Crippen molar-refractivity contribution in [1.29, 1.82) is 0 Å². The van der Waals surface area contributed by atoms with E-state index in [9.17, 15) is 9.59 Å². The van der Waals surface area contributed by atoms with Crippen LogP contribution in [0.1, 0.15) is 43.2 Å². The van der Waals surface area contributed by atoms with Crippen LogP contribution in [0.15, 0.2) is 0 Å². The Labute approximate surface area is 152 Å². The van der Waals surface area contributed by atoms with Crippen LogP contribution >= 0.6 is 24.0 Å². The summed E-state index contributed by atoms with van der Waals surface area (Å²) in [4.78, 5) is 29.2. The van der Waals surface area contributed by atoms with Crippen molar-refractivity contribution in [2.24, 2.45) is 0 Å². The molecule has 1 aromatic heterocycles. The van der Waals surface area contributed by atoms with E-state index in [-0.39, 0.29) is 24.7 Å². The van der Waals surface area contributed by atoms with E-state index in [1.807, 2.05) is 0 Å². The third kappa shape index (κ3) is 6.07. The van der Waals surface area contributed by atoms with E-state index in [0.717, 1.165) is 37.9 Å². The number of carbonyl (C=O) groups excluding carboxylic acids is 2.